The number of carbonyl (C=O) groups is 1. The Kier molecular flexibility index (Phi) is 5.56. The van der Waals surface area contributed by atoms with E-state index in [2.05, 4.69) is 9.97 Å². The zero-order chi connectivity index (χ0) is 18.4. The van der Waals surface area contributed by atoms with Crippen molar-refractivity contribution in [3.8, 4) is 11.3 Å². The van der Waals surface area contributed by atoms with Crippen LogP contribution in [0.25, 0.3) is 11.3 Å². The number of H-pyrrole nitrogens is 1. The summed E-state index contributed by atoms with van der Waals surface area (Å²) in [6, 6.07) is 16.3. The minimum Gasteiger partial charge on any atom is -0.395 e. The third-order valence-electron chi connectivity index (χ3n) is 3.98. The number of aromatic nitrogens is 2. The maximum Gasteiger partial charge on any atom is 0.261 e. The Bertz CT molecular complexity index is 924. The Hall–Kier alpha value is -3.25. The summed E-state index contributed by atoms with van der Waals surface area (Å²) >= 11 is 0. The third kappa shape index (κ3) is 4.04. The van der Waals surface area contributed by atoms with Crippen LogP contribution >= 0.6 is 0 Å². The largest absolute Gasteiger partial charge is 0.395 e. The number of nitrogens with one attached hydrogen (secondary N) is 1. The quantitative estimate of drug-likeness (QED) is 0.713. The van der Waals surface area contributed by atoms with Gasteiger partial charge in [0.15, 0.2) is 0 Å². The number of hydrogen-bond donors (Lipinski definition) is 2. The topological polar surface area (TPSA) is 86.3 Å². The lowest BCUT2D eigenvalue weighted by molar-refractivity contribution is 0.0706. The first kappa shape index (κ1) is 17.6. The Morgan fingerprint density at radius 2 is 1.88 bits per heavy atom. The van der Waals surface area contributed by atoms with Crippen molar-refractivity contribution in [2.24, 2.45) is 0 Å². The number of aliphatic hydroxyl groups is 1. The van der Waals surface area contributed by atoms with E-state index in [-0.39, 0.29) is 25.3 Å². The second-order valence-electron chi connectivity index (χ2n) is 5.79. The lowest BCUT2D eigenvalue weighted by atomic mass is 10.1. The average Bonchev–Trinajstić information content (AvgIpc) is 2.68. The van der Waals surface area contributed by atoms with Crippen LogP contribution in [-0.4, -0.2) is 39.0 Å². The monoisotopic (exact) mass is 349 g/mol. The molecule has 132 valence electrons. The molecule has 0 saturated heterocycles. The van der Waals surface area contributed by atoms with E-state index < -0.39 is 11.5 Å². The molecule has 6 nitrogen and oxygen atoms in total. The number of nitrogens with zero attached hydrogens (tertiary/aromatic N) is 2. The number of carbonyl (C=O) groups excluding carboxylic acids is 1. The van der Waals surface area contributed by atoms with Crippen LogP contribution in [0.3, 0.4) is 0 Å². The Morgan fingerprint density at radius 1 is 1.08 bits per heavy atom. The van der Waals surface area contributed by atoms with Crippen molar-refractivity contribution in [1.29, 1.82) is 0 Å². The molecule has 0 aliphatic rings. The molecular formula is C20H19N3O3. The molecule has 3 aromatic rings. The van der Waals surface area contributed by atoms with Crippen molar-refractivity contribution in [3.63, 3.8) is 0 Å². The summed E-state index contributed by atoms with van der Waals surface area (Å²) in [7, 11) is 0. The maximum absolute atomic E-state index is 12.8. The highest BCUT2D eigenvalue weighted by Gasteiger charge is 2.19. The van der Waals surface area contributed by atoms with E-state index >= 15 is 0 Å². The van der Waals surface area contributed by atoms with Crippen LogP contribution in [0.5, 0.6) is 0 Å². The number of aliphatic hydroxyl groups excluding tert-OH is 1. The molecular weight excluding hydrogens is 330 g/mol. The molecule has 3 rings (SSSR count). The second-order valence-corrected chi connectivity index (χ2v) is 5.79. The van der Waals surface area contributed by atoms with Crippen molar-refractivity contribution in [2.45, 2.75) is 6.54 Å². The minimum absolute atomic E-state index is 0.0435. The smallest absolute Gasteiger partial charge is 0.261 e. The van der Waals surface area contributed by atoms with Crippen molar-refractivity contribution in [2.75, 3.05) is 13.2 Å². The molecule has 0 atom stereocenters. The fraction of sp³-hybridized carbons (Fsp3) is 0.150. The van der Waals surface area contributed by atoms with Gasteiger partial charge in [-0.25, -0.2) is 0 Å². The fourth-order valence-corrected chi connectivity index (χ4v) is 2.68. The van der Waals surface area contributed by atoms with Crippen LogP contribution in [-0.2, 0) is 6.54 Å². The van der Waals surface area contributed by atoms with Crippen LogP contribution < -0.4 is 5.56 Å². The summed E-state index contributed by atoms with van der Waals surface area (Å²) in [6.07, 6.45) is 3.30. The van der Waals surface area contributed by atoms with Crippen molar-refractivity contribution >= 4 is 5.91 Å². The molecule has 1 amide bonds. The average molecular weight is 349 g/mol. The van der Waals surface area contributed by atoms with Crippen molar-refractivity contribution < 1.29 is 9.90 Å². The summed E-state index contributed by atoms with van der Waals surface area (Å²) in [5.74, 6) is -0.427. The highest BCUT2D eigenvalue weighted by Crippen LogP contribution is 2.15. The number of aromatic amines is 1. The number of amides is 1. The van der Waals surface area contributed by atoms with E-state index in [0.717, 1.165) is 11.1 Å². The zero-order valence-corrected chi connectivity index (χ0v) is 14.1. The normalized spacial score (nSPS) is 10.5. The van der Waals surface area contributed by atoms with Gasteiger partial charge in [-0.1, -0.05) is 36.4 Å². The van der Waals surface area contributed by atoms with Gasteiger partial charge in [0.05, 0.1) is 6.61 Å². The molecule has 2 N–H and O–H groups in total. The molecule has 26 heavy (non-hydrogen) atoms. The molecule has 0 spiro atoms. The first-order valence-corrected chi connectivity index (χ1v) is 8.27. The maximum atomic E-state index is 12.8. The Balaban J connectivity index is 1.86. The van der Waals surface area contributed by atoms with E-state index in [9.17, 15) is 14.7 Å². The first-order chi connectivity index (χ1) is 12.7. The Labute approximate surface area is 150 Å². The molecule has 0 fully saturated rings. The zero-order valence-electron chi connectivity index (χ0n) is 14.1. The molecule has 2 heterocycles. The van der Waals surface area contributed by atoms with E-state index in [1.165, 1.54) is 11.0 Å². The second kappa shape index (κ2) is 8.22. The van der Waals surface area contributed by atoms with Crippen LogP contribution in [0.2, 0.25) is 0 Å². The van der Waals surface area contributed by atoms with Gasteiger partial charge in [0, 0.05) is 31.2 Å². The number of rotatable bonds is 6. The molecule has 6 heteroatoms. The van der Waals surface area contributed by atoms with Gasteiger partial charge >= 0.3 is 0 Å². The minimum atomic E-state index is -0.453. The lowest BCUT2D eigenvalue weighted by Gasteiger charge is -2.21. The third-order valence-corrected chi connectivity index (χ3v) is 3.98. The van der Waals surface area contributed by atoms with Gasteiger partial charge in [0.2, 0.25) is 0 Å². The molecule has 0 saturated carbocycles. The van der Waals surface area contributed by atoms with Crippen LogP contribution in [0.4, 0.5) is 0 Å². The predicted octanol–water partition coefficient (Wildman–Crippen LogP) is 2.07. The van der Waals surface area contributed by atoms with Gasteiger partial charge in [-0.2, -0.15) is 0 Å². The van der Waals surface area contributed by atoms with Crippen LogP contribution in [0.1, 0.15) is 15.9 Å². The molecule has 0 unspecified atom stereocenters. The number of hydrogen-bond acceptors (Lipinski definition) is 4. The summed E-state index contributed by atoms with van der Waals surface area (Å²) in [4.78, 5) is 33.4. The van der Waals surface area contributed by atoms with Gasteiger partial charge in [-0.3, -0.25) is 14.6 Å². The summed E-state index contributed by atoms with van der Waals surface area (Å²) in [5.41, 5.74) is 1.93. The summed E-state index contributed by atoms with van der Waals surface area (Å²) < 4.78 is 0. The van der Waals surface area contributed by atoms with Crippen molar-refractivity contribution in [1.82, 2.24) is 14.9 Å². The fourth-order valence-electron chi connectivity index (χ4n) is 2.68. The van der Waals surface area contributed by atoms with E-state index in [1.54, 1.807) is 24.5 Å². The summed E-state index contributed by atoms with van der Waals surface area (Å²) in [5, 5.41) is 9.28. The highest BCUT2D eigenvalue weighted by atomic mass is 16.3. The van der Waals surface area contributed by atoms with Gasteiger partial charge < -0.3 is 15.0 Å². The highest BCUT2D eigenvalue weighted by molar-refractivity contribution is 5.94. The van der Waals surface area contributed by atoms with Crippen LogP contribution in [0.15, 0.2) is 71.8 Å². The molecule has 1 aromatic carbocycles. The SMILES string of the molecule is O=C(c1ccc(-c2ccccc2)[nH]c1=O)N(CCO)Cc1cccnc1. The standard InChI is InChI=1S/C20H19N3O3/c24-12-11-23(14-15-5-4-10-21-13-15)20(26)17-8-9-18(22-19(17)25)16-6-2-1-3-7-16/h1-10,13,24H,11-12,14H2,(H,22,25). The number of pyridine rings is 2. The number of benzene rings is 1. The van der Waals surface area contributed by atoms with Crippen molar-refractivity contribution in [3.05, 3.63) is 88.5 Å². The molecule has 0 bridgehead atoms. The summed E-state index contributed by atoms with van der Waals surface area (Å²) in [6.45, 7) is 0.215. The van der Waals surface area contributed by atoms with E-state index in [1.807, 2.05) is 36.4 Å². The molecule has 0 aliphatic heterocycles. The Morgan fingerprint density at radius 3 is 2.54 bits per heavy atom. The van der Waals surface area contributed by atoms with E-state index in [0.29, 0.717) is 5.69 Å². The van der Waals surface area contributed by atoms with Gasteiger partial charge in [-0.15, -0.1) is 0 Å². The van der Waals surface area contributed by atoms with Gasteiger partial charge in [0.25, 0.3) is 11.5 Å². The van der Waals surface area contributed by atoms with Crippen LogP contribution in [0, 0.1) is 0 Å². The molecule has 0 aliphatic carbocycles. The van der Waals surface area contributed by atoms with Gasteiger partial charge in [0.1, 0.15) is 5.56 Å². The van der Waals surface area contributed by atoms with E-state index in [4.69, 9.17) is 0 Å². The van der Waals surface area contributed by atoms with Gasteiger partial charge in [-0.05, 0) is 29.3 Å². The predicted molar refractivity (Wildman–Crippen MR) is 98.6 cm³/mol. The molecule has 0 radical (unpaired) electrons. The molecule has 2 aromatic heterocycles. The lowest BCUT2D eigenvalue weighted by Crippen LogP contribution is -2.36. The first-order valence-electron chi connectivity index (χ1n) is 8.27.